The number of nitrogens with zero attached hydrogens (tertiary/aromatic N) is 2. The topological polar surface area (TPSA) is 27.6 Å². The normalized spacial score (nSPS) is 18.6. The van der Waals surface area contributed by atoms with E-state index in [1.54, 1.807) is 0 Å². The maximum Gasteiger partial charge on any atom is 0.137 e. The van der Waals surface area contributed by atoms with E-state index in [-0.39, 0.29) is 0 Å². The van der Waals surface area contributed by atoms with Crippen molar-refractivity contribution in [1.82, 2.24) is 10.2 Å². The van der Waals surface area contributed by atoms with Gasteiger partial charge in [0.25, 0.3) is 0 Å². The lowest BCUT2D eigenvalue weighted by Crippen LogP contribution is -2.53. The summed E-state index contributed by atoms with van der Waals surface area (Å²) in [7, 11) is 0. The average molecular weight is 386 g/mol. The van der Waals surface area contributed by atoms with Gasteiger partial charge in [0.05, 0.1) is 5.69 Å². The fraction of sp³-hybridized carbons (Fsp3) is 0.208. The highest BCUT2D eigenvalue weighted by atomic mass is 32.2. The van der Waals surface area contributed by atoms with Crippen molar-refractivity contribution in [2.24, 2.45) is 4.99 Å². The van der Waals surface area contributed by atoms with E-state index in [2.05, 4.69) is 89.1 Å². The third-order valence-corrected chi connectivity index (χ3v) is 6.46. The van der Waals surface area contributed by atoms with E-state index in [0.717, 1.165) is 37.6 Å². The number of amidine groups is 1. The van der Waals surface area contributed by atoms with Crippen LogP contribution in [-0.4, -0.2) is 36.4 Å². The summed E-state index contributed by atoms with van der Waals surface area (Å²) < 4.78 is 0. The molecule has 0 amide bonds. The number of para-hydroxylation sites is 1. The SMILES string of the molecule is c1ccc(CC2CN(C3=Nc4ccccc4Sc4ccccc43)CCN2)cc1. The lowest BCUT2D eigenvalue weighted by atomic mass is 10.0. The highest BCUT2D eigenvalue weighted by Crippen LogP contribution is 2.40. The minimum absolute atomic E-state index is 0.428. The molecule has 1 fully saturated rings. The van der Waals surface area contributed by atoms with Gasteiger partial charge in [-0.1, -0.05) is 72.4 Å². The standard InChI is InChI=1S/C24H23N3S/c1-2-8-18(9-3-1)16-19-17-27(15-14-25-19)24-20-10-4-6-12-22(20)28-23-13-7-5-11-21(23)26-24/h1-13,19,25H,14-17H2. The fourth-order valence-electron chi connectivity index (χ4n) is 3.96. The lowest BCUT2D eigenvalue weighted by Gasteiger charge is -2.36. The molecule has 1 unspecified atom stereocenters. The van der Waals surface area contributed by atoms with E-state index >= 15 is 0 Å². The summed E-state index contributed by atoms with van der Waals surface area (Å²) in [6.07, 6.45) is 1.04. The largest absolute Gasteiger partial charge is 0.353 e. The third kappa shape index (κ3) is 3.58. The van der Waals surface area contributed by atoms with Crippen molar-refractivity contribution in [2.45, 2.75) is 22.3 Å². The van der Waals surface area contributed by atoms with E-state index in [9.17, 15) is 0 Å². The second-order valence-electron chi connectivity index (χ2n) is 7.29. The van der Waals surface area contributed by atoms with Crippen molar-refractivity contribution >= 4 is 23.3 Å². The minimum Gasteiger partial charge on any atom is -0.353 e. The number of aliphatic imine (C=N–C) groups is 1. The molecule has 4 heteroatoms. The average Bonchev–Trinajstić information content (AvgIpc) is 2.91. The smallest absolute Gasteiger partial charge is 0.137 e. The van der Waals surface area contributed by atoms with E-state index in [0.29, 0.717) is 6.04 Å². The predicted octanol–water partition coefficient (Wildman–Crippen LogP) is 4.75. The molecule has 3 aromatic rings. The molecule has 0 saturated carbocycles. The summed E-state index contributed by atoms with van der Waals surface area (Å²) in [6, 6.07) is 28.3. The first-order valence-corrected chi connectivity index (χ1v) is 10.7. The molecule has 0 bridgehead atoms. The van der Waals surface area contributed by atoms with Gasteiger partial charge in [-0.2, -0.15) is 0 Å². The van der Waals surface area contributed by atoms with E-state index in [1.807, 2.05) is 11.8 Å². The molecule has 2 heterocycles. The van der Waals surface area contributed by atoms with Crippen molar-refractivity contribution in [3.05, 3.63) is 90.0 Å². The molecule has 3 aromatic carbocycles. The number of benzene rings is 3. The monoisotopic (exact) mass is 385 g/mol. The molecule has 0 spiro atoms. The Balaban J connectivity index is 1.47. The van der Waals surface area contributed by atoms with Crippen LogP contribution in [0, 0.1) is 0 Å². The first kappa shape index (κ1) is 17.5. The second-order valence-corrected chi connectivity index (χ2v) is 8.37. The molecule has 0 radical (unpaired) electrons. The second kappa shape index (κ2) is 7.82. The zero-order valence-electron chi connectivity index (χ0n) is 15.7. The maximum atomic E-state index is 5.14. The molecule has 0 aromatic heterocycles. The summed E-state index contributed by atoms with van der Waals surface area (Å²) in [5, 5.41) is 3.69. The first-order chi connectivity index (χ1) is 13.9. The lowest BCUT2D eigenvalue weighted by molar-refractivity contribution is 0.290. The minimum atomic E-state index is 0.428. The van der Waals surface area contributed by atoms with Crippen LogP contribution >= 0.6 is 11.8 Å². The van der Waals surface area contributed by atoms with Crippen molar-refractivity contribution in [2.75, 3.05) is 19.6 Å². The summed E-state index contributed by atoms with van der Waals surface area (Å²) in [6.45, 7) is 2.92. The molecular weight excluding hydrogens is 362 g/mol. The summed E-state index contributed by atoms with van der Waals surface area (Å²) in [5.74, 6) is 1.10. The Kier molecular flexibility index (Phi) is 4.90. The highest BCUT2D eigenvalue weighted by molar-refractivity contribution is 7.99. The Morgan fingerprint density at radius 3 is 2.54 bits per heavy atom. The predicted molar refractivity (Wildman–Crippen MR) is 117 cm³/mol. The number of rotatable bonds is 2. The van der Waals surface area contributed by atoms with Gasteiger partial charge in [0.15, 0.2) is 0 Å². The van der Waals surface area contributed by atoms with Crippen LogP contribution < -0.4 is 5.32 Å². The Bertz CT molecular complexity index is 999. The zero-order valence-corrected chi connectivity index (χ0v) is 16.5. The summed E-state index contributed by atoms with van der Waals surface area (Å²) >= 11 is 1.82. The van der Waals surface area contributed by atoms with Crippen LogP contribution in [0.1, 0.15) is 11.1 Å². The molecule has 28 heavy (non-hydrogen) atoms. The first-order valence-electron chi connectivity index (χ1n) is 9.84. The molecule has 1 atom stereocenters. The van der Waals surface area contributed by atoms with Gasteiger partial charge >= 0.3 is 0 Å². The highest BCUT2D eigenvalue weighted by Gasteiger charge is 2.26. The maximum absolute atomic E-state index is 5.14. The summed E-state index contributed by atoms with van der Waals surface area (Å²) in [4.78, 5) is 10.1. The van der Waals surface area contributed by atoms with Crippen LogP contribution in [0.4, 0.5) is 5.69 Å². The molecule has 0 aliphatic carbocycles. The molecule has 1 N–H and O–H groups in total. The molecule has 1 saturated heterocycles. The Morgan fingerprint density at radius 2 is 1.64 bits per heavy atom. The van der Waals surface area contributed by atoms with Crippen LogP contribution in [0.15, 0.2) is 93.6 Å². The van der Waals surface area contributed by atoms with Crippen LogP contribution in [0.3, 0.4) is 0 Å². The Hall–Kier alpha value is -2.56. The molecule has 3 nitrogen and oxygen atoms in total. The molecule has 2 aliphatic heterocycles. The molecule has 5 rings (SSSR count). The quantitative estimate of drug-likeness (QED) is 0.690. The molecule has 2 aliphatic rings. The van der Waals surface area contributed by atoms with E-state index in [1.165, 1.54) is 20.9 Å². The van der Waals surface area contributed by atoms with E-state index < -0.39 is 0 Å². The van der Waals surface area contributed by atoms with Crippen molar-refractivity contribution in [3.8, 4) is 0 Å². The number of fused-ring (bicyclic) bond motifs is 2. The van der Waals surface area contributed by atoms with Crippen LogP contribution in [0.2, 0.25) is 0 Å². The van der Waals surface area contributed by atoms with Gasteiger partial charge in [-0.25, -0.2) is 4.99 Å². The van der Waals surface area contributed by atoms with Gasteiger partial charge in [0, 0.05) is 41.0 Å². The fourth-order valence-corrected chi connectivity index (χ4v) is 4.98. The van der Waals surface area contributed by atoms with Crippen molar-refractivity contribution in [1.29, 1.82) is 0 Å². The van der Waals surface area contributed by atoms with E-state index in [4.69, 9.17) is 4.99 Å². The third-order valence-electron chi connectivity index (χ3n) is 5.32. The van der Waals surface area contributed by atoms with Crippen molar-refractivity contribution < 1.29 is 0 Å². The van der Waals surface area contributed by atoms with Gasteiger partial charge < -0.3 is 10.2 Å². The van der Waals surface area contributed by atoms with Gasteiger partial charge in [-0.05, 0) is 30.2 Å². The van der Waals surface area contributed by atoms with Gasteiger partial charge in [0.1, 0.15) is 5.84 Å². The number of piperazine rings is 1. The molecular formula is C24H23N3S. The van der Waals surface area contributed by atoms with Crippen LogP contribution in [0.5, 0.6) is 0 Å². The number of hydrogen-bond donors (Lipinski definition) is 1. The zero-order chi connectivity index (χ0) is 18.8. The Morgan fingerprint density at radius 1 is 0.893 bits per heavy atom. The Labute approximate surface area is 170 Å². The number of nitrogens with one attached hydrogen (secondary N) is 1. The van der Waals surface area contributed by atoms with Gasteiger partial charge in [-0.15, -0.1) is 0 Å². The number of hydrogen-bond acceptors (Lipinski definition) is 4. The van der Waals surface area contributed by atoms with Crippen LogP contribution in [-0.2, 0) is 6.42 Å². The molecule has 140 valence electrons. The van der Waals surface area contributed by atoms with Gasteiger partial charge in [0.2, 0.25) is 0 Å². The van der Waals surface area contributed by atoms with Crippen LogP contribution in [0.25, 0.3) is 0 Å². The summed E-state index contributed by atoms with van der Waals surface area (Å²) in [5.41, 5.74) is 3.69. The van der Waals surface area contributed by atoms with Crippen molar-refractivity contribution in [3.63, 3.8) is 0 Å². The van der Waals surface area contributed by atoms with Gasteiger partial charge in [-0.3, -0.25) is 0 Å².